The molecule has 0 amide bonds. The van der Waals surface area contributed by atoms with E-state index < -0.39 is 3.79 Å². The minimum absolute atomic E-state index is 0.0185. The number of rotatable bonds is 0. The maximum Gasteiger partial charge on any atom is 0.250 e. The number of aliphatic imine (C=N–C) groups is 4. The molecule has 0 unspecified atom stereocenters. The lowest BCUT2D eigenvalue weighted by Crippen LogP contribution is -2.44. The van der Waals surface area contributed by atoms with Crippen molar-refractivity contribution in [2.24, 2.45) is 20.0 Å². The van der Waals surface area contributed by atoms with Gasteiger partial charge in [-0.2, -0.15) is 9.98 Å². The van der Waals surface area contributed by atoms with Gasteiger partial charge in [0, 0.05) is 0 Å². The number of halogens is 4. The van der Waals surface area contributed by atoms with E-state index in [1.165, 1.54) is 0 Å². The van der Waals surface area contributed by atoms with Crippen molar-refractivity contribution in [1.29, 1.82) is 0 Å². The molecule has 98 valence electrons. The molecule has 0 fully saturated rings. The Hall–Kier alpha value is -0.880. The summed E-state index contributed by atoms with van der Waals surface area (Å²) >= 11 is 23.6. The highest BCUT2D eigenvalue weighted by atomic mass is 35.6. The SMILES string of the molecule is CC1=NC2=CC=C(Cl)C3=NC(C(Cl)(Cl)Cl)=NC(=N1)N23. The zero-order valence-corrected chi connectivity index (χ0v) is 12.4. The second-order valence-electron chi connectivity index (χ2n) is 3.81. The molecule has 0 aromatic carbocycles. The van der Waals surface area contributed by atoms with Crippen LogP contribution >= 0.6 is 46.4 Å². The molecule has 0 radical (unpaired) electrons. The molecular weight excluding hydrogens is 332 g/mol. The molecule has 0 spiro atoms. The fourth-order valence-electron chi connectivity index (χ4n) is 1.71. The Morgan fingerprint density at radius 3 is 2.47 bits per heavy atom. The average molecular weight is 337 g/mol. The first-order valence-corrected chi connectivity index (χ1v) is 6.64. The largest absolute Gasteiger partial charge is 0.250 e. The third-order valence-electron chi connectivity index (χ3n) is 2.44. The summed E-state index contributed by atoms with van der Waals surface area (Å²) in [6.45, 7) is 1.75. The lowest BCUT2D eigenvalue weighted by Gasteiger charge is -2.32. The summed E-state index contributed by atoms with van der Waals surface area (Å²) in [6.07, 6.45) is 3.42. The van der Waals surface area contributed by atoms with Crippen LogP contribution in [0.5, 0.6) is 0 Å². The molecule has 0 atom stereocenters. The minimum atomic E-state index is -1.75. The van der Waals surface area contributed by atoms with Crippen LogP contribution in [0.3, 0.4) is 0 Å². The first-order valence-electron chi connectivity index (χ1n) is 5.13. The predicted molar refractivity (Wildman–Crippen MR) is 79.6 cm³/mol. The summed E-state index contributed by atoms with van der Waals surface area (Å²) < 4.78 is -1.75. The van der Waals surface area contributed by atoms with E-state index in [0.717, 1.165) is 0 Å². The molecule has 3 aliphatic rings. The minimum Gasteiger partial charge on any atom is -0.244 e. The van der Waals surface area contributed by atoms with Crippen molar-refractivity contribution in [2.45, 2.75) is 10.7 Å². The topological polar surface area (TPSA) is 52.7 Å². The van der Waals surface area contributed by atoms with Gasteiger partial charge in [0.05, 0.1) is 5.03 Å². The molecule has 5 nitrogen and oxygen atoms in total. The molecule has 0 aromatic heterocycles. The molecule has 0 bridgehead atoms. The van der Waals surface area contributed by atoms with Gasteiger partial charge >= 0.3 is 0 Å². The summed E-state index contributed by atoms with van der Waals surface area (Å²) in [4.78, 5) is 18.4. The standard InChI is InChI=1S/C10H5Cl4N5/c1-4-15-6-3-2-5(11)7-17-8(10(12,13)14)18-9(16-4)19(6)7/h2-3H,1H3. The Morgan fingerprint density at radius 2 is 1.79 bits per heavy atom. The monoisotopic (exact) mass is 335 g/mol. The van der Waals surface area contributed by atoms with Crippen molar-refractivity contribution < 1.29 is 0 Å². The molecule has 19 heavy (non-hydrogen) atoms. The van der Waals surface area contributed by atoms with E-state index in [-0.39, 0.29) is 5.84 Å². The van der Waals surface area contributed by atoms with Crippen LogP contribution in [0.4, 0.5) is 0 Å². The Kier molecular flexibility index (Phi) is 2.98. The summed E-state index contributed by atoms with van der Waals surface area (Å²) in [5.41, 5.74) is 0. The van der Waals surface area contributed by atoms with Crippen LogP contribution in [-0.2, 0) is 0 Å². The number of hydrogen-bond donors (Lipinski definition) is 0. The Bertz CT molecular complexity index is 647. The van der Waals surface area contributed by atoms with E-state index in [9.17, 15) is 0 Å². The molecule has 0 aliphatic carbocycles. The Labute approximate surface area is 128 Å². The van der Waals surface area contributed by atoms with Crippen LogP contribution in [-0.4, -0.2) is 32.2 Å². The van der Waals surface area contributed by atoms with Crippen LogP contribution in [0.25, 0.3) is 0 Å². The zero-order chi connectivity index (χ0) is 13.8. The summed E-state index contributed by atoms with van der Waals surface area (Å²) in [5, 5.41) is 0.396. The number of alkyl halides is 3. The first-order chi connectivity index (χ1) is 8.86. The summed E-state index contributed by atoms with van der Waals surface area (Å²) in [5.74, 6) is 1.92. The average Bonchev–Trinajstić information content (AvgIpc) is 2.31. The van der Waals surface area contributed by atoms with Gasteiger partial charge in [-0.15, -0.1) is 0 Å². The van der Waals surface area contributed by atoms with Gasteiger partial charge in [-0.3, -0.25) is 0 Å². The second kappa shape index (κ2) is 4.31. The Balaban J connectivity index is 2.21. The lowest BCUT2D eigenvalue weighted by molar-refractivity contribution is 0.707. The number of nitrogens with zero attached hydrogens (tertiary/aromatic N) is 5. The van der Waals surface area contributed by atoms with Gasteiger partial charge in [0.1, 0.15) is 11.7 Å². The second-order valence-corrected chi connectivity index (χ2v) is 6.50. The van der Waals surface area contributed by atoms with Gasteiger partial charge in [0.25, 0.3) is 0 Å². The van der Waals surface area contributed by atoms with Crippen LogP contribution in [0.2, 0.25) is 0 Å². The van der Waals surface area contributed by atoms with Crippen molar-refractivity contribution >= 4 is 69.9 Å². The lowest BCUT2D eigenvalue weighted by atomic mass is 10.2. The van der Waals surface area contributed by atoms with Crippen molar-refractivity contribution in [1.82, 2.24) is 4.90 Å². The highest BCUT2D eigenvalue weighted by molar-refractivity contribution is 6.77. The third-order valence-corrected chi connectivity index (χ3v) is 3.24. The molecule has 0 saturated carbocycles. The fourth-order valence-corrected chi connectivity index (χ4v) is 2.15. The van der Waals surface area contributed by atoms with Gasteiger partial charge < -0.3 is 0 Å². The number of guanidine groups is 1. The van der Waals surface area contributed by atoms with Crippen molar-refractivity contribution in [2.75, 3.05) is 0 Å². The van der Waals surface area contributed by atoms with Crippen molar-refractivity contribution in [3.8, 4) is 0 Å². The molecule has 3 heterocycles. The maximum atomic E-state index is 6.11. The number of amidine groups is 3. The molecule has 9 heteroatoms. The van der Waals surface area contributed by atoms with Gasteiger partial charge in [0.2, 0.25) is 9.75 Å². The first kappa shape index (κ1) is 13.1. The van der Waals surface area contributed by atoms with Gasteiger partial charge in [-0.1, -0.05) is 46.4 Å². The predicted octanol–water partition coefficient (Wildman–Crippen LogP) is 3.23. The smallest absolute Gasteiger partial charge is 0.244 e. The Morgan fingerprint density at radius 1 is 1.05 bits per heavy atom. The van der Waals surface area contributed by atoms with Crippen LogP contribution in [0, 0.1) is 0 Å². The van der Waals surface area contributed by atoms with Crippen molar-refractivity contribution in [3.05, 3.63) is 23.0 Å². The van der Waals surface area contributed by atoms with Gasteiger partial charge in [-0.05, 0) is 19.1 Å². The van der Waals surface area contributed by atoms with Crippen LogP contribution in [0.1, 0.15) is 6.92 Å². The number of allylic oxidation sites excluding steroid dienone is 2. The molecule has 3 aliphatic heterocycles. The van der Waals surface area contributed by atoms with E-state index >= 15 is 0 Å². The van der Waals surface area contributed by atoms with E-state index in [1.807, 2.05) is 0 Å². The maximum absolute atomic E-state index is 6.11. The molecule has 3 rings (SSSR count). The molecule has 0 N–H and O–H groups in total. The van der Waals surface area contributed by atoms with Crippen LogP contribution in [0.15, 0.2) is 43.0 Å². The normalized spacial score (nSPS) is 21.6. The number of hydrogen-bond acceptors (Lipinski definition) is 5. The van der Waals surface area contributed by atoms with Gasteiger partial charge in [0.15, 0.2) is 11.7 Å². The molecule has 0 saturated heterocycles. The third kappa shape index (κ3) is 2.21. The fraction of sp³-hybridized carbons (Fsp3) is 0.200. The van der Waals surface area contributed by atoms with E-state index in [4.69, 9.17) is 46.4 Å². The zero-order valence-electron chi connectivity index (χ0n) is 9.40. The van der Waals surface area contributed by atoms with Crippen LogP contribution < -0.4 is 0 Å². The van der Waals surface area contributed by atoms with E-state index in [2.05, 4.69) is 20.0 Å². The van der Waals surface area contributed by atoms with E-state index in [0.29, 0.717) is 28.5 Å². The van der Waals surface area contributed by atoms with Gasteiger partial charge in [-0.25, -0.2) is 14.9 Å². The molecule has 0 aromatic rings. The molecular formula is C10H5Cl4N5. The quantitative estimate of drug-likeness (QED) is 0.626. The summed E-state index contributed by atoms with van der Waals surface area (Å²) in [6, 6.07) is 0. The highest BCUT2D eigenvalue weighted by Crippen LogP contribution is 2.34. The highest BCUT2D eigenvalue weighted by Gasteiger charge is 2.38. The van der Waals surface area contributed by atoms with Crippen molar-refractivity contribution in [3.63, 3.8) is 0 Å². The van der Waals surface area contributed by atoms with E-state index in [1.54, 1.807) is 24.0 Å². The summed E-state index contributed by atoms with van der Waals surface area (Å²) in [7, 11) is 0.